The Labute approximate surface area is 96.6 Å². The number of aliphatic carboxylic acids is 1. The summed E-state index contributed by atoms with van der Waals surface area (Å²) in [5.74, 6) is -2.02. The first kappa shape index (κ1) is 11.5. The van der Waals surface area contributed by atoms with Crippen LogP contribution < -0.4 is 10.6 Å². The number of aryl methyl sites for hydroxylation is 1. The number of carboxylic acids is 1. The van der Waals surface area contributed by atoms with Gasteiger partial charge in [-0.3, -0.25) is 14.9 Å². The standard InChI is InChI=1S/C11H11FN2O3/c1-5-2-6-9(7(12)3-5)14-11(17)10(6)13-4-8(15)16/h2-3,10,13H,4H2,1H3,(H,14,17)(H,15,16). The molecule has 1 heterocycles. The highest BCUT2D eigenvalue weighted by Crippen LogP contribution is 2.33. The fourth-order valence-electron chi connectivity index (χ4n) is 1.86. The van der Waals surface area contributed by atoms with Gasteiger partial charge in [0.25, 0.3) is 0 Å². The first-order valence-electron chi connectivity index (χ1n) is 5.05. The van der Waals surface area contributed by atoms with E-state index < -0.39 is 23.7 Å². The van der Waals surface area contributed by atoms with E-state index in [9.17, 15) is 14.0 Å². The fraction of sp³-hybridized carbons (Fsp3) is 0.273. The Kier molecular flexibility index (Phi) is 2.81. The minimum atomic E-state index is -1.07. The smallest absolute Gasteiger partial charge is 0.317 e. The van der Waals surface area contributed by atoms with Crippen LogP contribution in [-0.4, -0.2) is 23.5 Å². The van der Waals surface area contributed by atoms with Gasteiger partial charge in [-0.2, -0.15) is 0 Å². The lowest BCUT2D eigenvalue weighted by Crippen LogP contribution is -2.31. The van der Waals surface area contributed by atoms with Crippen LogP contribution in [0, 0.1) is 12.7 Å². The van der Waals surface area contributed by atoms with Gasteiger partial charge in [0.05, 0.1) is 12.2 Å². The summed E-state index contributed by atoms with van der Waals surface area (Å²) in [6.45, 7) is 1.35. The van der Waals surface area contributed by atoms with Crippen molar-refractivity contribution in [2.24, 2.45) is 0 Å². The third-order valence-corrected chi connectivity index (χ3v) is 2.54. The molecule has 1 aromatic rings. The van der Waals surface area contributed by atoms with Gasteiger partial charge in [-0.05, 0) is 18.6 Å². The molecule has 0 saturated carbocycles. The molecule has 0 saturated heterocycles. The molecular formula is C11H11FN2O3. The summed E-state index contributed by atoms with van der Waals surface area (Å²) in [7, 11) is 0. The van der Waals surface area contributed by atoms with E-state index in [4.69, 9.17) is 5.11 Å². The van der Waals surface area contributed by atoms with Gasteiger partial charge in [-0.1, -0.05) is 6.07 Å². The monoisotopic (exact) mass is 238 g/mol. The van der Waals surface area contributed by atoms with Gasteiger partial charge < -0.3 is 10.4 Å². The summed E-state index contributed by atoms with van der Waals surface area (Å²) < 4.78 is 13.5. The van der Waals surface area contributed by atoms with Crippen molar-refractivity contribution in [2.45, 2.75) is 13.0 Å². The van der Waals surface area contributed by atoms with Crippen molar-refractivity contribution in [1.82, 2.24) is 5.32 Å². The number of carbonyl (C=O) groups is 2. The molecule has 1 aliphatic heterocycles. The number of anilines is 1. The molecule has 3 N–H and O–H groups in total. The third-order valence-electron chi connectivity index (χ3n) is 2.54. The maximum absolute atomic E-state index is 13.5. The minimum absolute atomic E-state index is 0.128. The first-order valence-corrected chi connectivity index (χ1v) is 5.05. The van der Waals surface area contributed by atoms with Crippen molar-refractivity contribution in [3.8, 4) is 0 Å². The van der Waals surface area contributed by atoms with Crippen molar-refractivity contribution in [3.05, 3.63) is 29.1 Å². The van der Waals surface area contributed by atoms with E-state index in [1.165, 1.54) is 6.07 Å². The molecule has 2 rings (SSSR count). The summed E-state index contributed by atoms with van der Waals surface area (Å²) in [4.78, 5) is 22.0. The summed E-state index contributed by atoms with van der Waals surface area (Å²) in [6, 6.07) is 2.17. The molecule has 17 heavy (non-hydrogen) atoms. The van der Waals surface area contributed by atoms with Crippen LogP contribution in [0.2, 0.25) is 0 Å². The molecule has 0 fully saturated rings. The summed E-state index contributed by atoms with van der Waals surface area (Å²) in [5.41, 5.74) is 1.26. The summed E-state index contributed by atoms with van der Waals surface area (Å²) in [6.07, 6.45) is 0. The largest absolute Gasteiger partial charge is 0.480 e. The maximum atomic E-state index is 13.5. The number of amides is 1. The van der Waals surface area contributed by atoms with Gasteiger partial charge >= 0.3 is 5.97 Å². The quantitative estimate of drug-likeness (QED) is 0.727. The average Bonchev–Trinajstić information content (AvgIpc) is 2.52. The molecule has 1 atom stereocenters. The molecule has 5 nitrogen and oxygen atoms in total. The highest BCUT2D eigenvalue weighted by molar-refractivity contribution is 6.03. The highest BCUT2D eigenvalue weighted by atomic mass is 19.1. The SMILES string of the molecule is Cc1cc(F)c2c(c1)C(NCC(=O)O)C(=O)N2. The van der Waals surface area contributed by atoms with Crippen LogP contribution >= 0.6 is 0 Å². The van der Waals surface area contributed by atoms with Crippen molar-refractivity contribution in [1.29, 1.82) is 0 Å². The van der Waals surface area contributed by atoms with Crippen molar-refractivity contribution < 1.29 is 19.1 Å². The van der Waals surface area contributed by atoms with Gasteiger partial charge in [0, 0.05) is 5.56 Å². The van der Waals surface area contributed by atoms with E-state index in [1.54, 1.807) is 13.0 Å². The van der Waals surface area contributed by atoms with Gasteiger partial charge in [-0.15, -0.1) is 0 Å². The number of carboxylic acid groups (broad SMARTS) is 1. The molecule has 0 aliphatic carbocycles. The lowest BCUT2D eigenvalue weighted by atomic mass is 10.0. The molecule has 1 unspecified atom stereocenters. The maximum Gasteiger partial charge on any atom is 0.317 e. The van der Waals surface area contributed by atoms with Gasteiger partial charge in [0.2, 0.25) is 5.91 Å². The molecule has 1 amide bonds. The Morgan fingerprint density at radius 2 is 2.29 bits per heavy atom. The van der Waals surface area contributed by atoms with Crippen molar-refractivity contribution in [3.63, 3.8) is 0 Å². The van der Waals surface area contributed by atoms with Crippen LogP contribution in [-0.2, 0) is 9.59 Å². The second kappa shape index (κ2) is 4.14. The zero-order valence-corrected chi connectivity index (χ0v) is 9.08. The van der Waals surface area contributed by atoms with Gasteiger partial charge in [-0.25, -0.2) is 4.39 Å². The molecule has 0 bridgehead atoms. The van der Waals surface area contributed by atoms with Crippen LogP contribution in [0.5, 0.6) is 0 Å². The summed E-state index contributed by atoms with van der Waals surface area (Å²) in [5, 5.41) is 13.5. The number of hydrogen-bond donors (Lipinski definition) is 3. The Bertz CT molecular complexity index is 502. The lowest BCUT2D eigenvalue weighted by Gasteiger charge is -2.09. The molecule has 0 spiro atoms. The van der Waals surface area contributed by atoms with Crippen molar-refractivity contribution in [2.75, 3.05) is 11.9 Å². The fourth-order valence-corrected chi connectivity index (χ4v) is 1.86. The van der Waals surface area contributed by atoms with Gasteiger partial charge in [0.1, 0.15) is 11.9 Å². The van der Waals surface area contributed by atoms with Crippen LogP contribution in [0.3, 0.4) is 0 Å². The van der Waals surface area contributed by atoms with E-state index in [-0.39, 0.29) is 12.2 Å². The van der Waals surface area contributed by atoms with E-state index in [2.05, 4.69) is 10.6 Å². The Morgan fingerprint density at radius 1 is 1.59 bits per heavy atom. The Hall–Kier alpha value is -1.95. The van der Waals surface area contributed by atoms with E-state index in [0.717, 1.165) is 0 Å². The normalized spacial score (nSPS) is 17.8. The lowest BCUT2D eigenvalue weighted by molar-refractivity contribution is -0.136. The molecule has 6 heteroatoms. The van der Waals surface area contributed by atoms with Crippen molar-refractivity contribution >= 4 is 17.6 Å². The number of rotatable bonds is 3. The van der Waals surface area contributed by atoms with Crippen LogP contribution in [0.1, 0.15) is 17.2 Å². The van der Waals surface area contributed by atoms with E-state index >= 15 is 0 Å². The van der Waals surface area contributed by atoms with E-state index in [0.29, 0.717) is 11.1 Å². The predicted octanol–water partition coefficient (Wildman–Crippen LogP) is 0.802. The number of benzene rings is 1. The zero-order chi connectivity index (χ0) is 12.6. The molecule has 90 valence electrons. The number of nitrogens with one attached hydrogen (secondary N) is 2. The molecule has 0 radical (unpaired) electrons. The molecular weight excluding hydrogens is 227 g/mol. The van der Waals surface area contributed by atoms with Gasteiger partial charge in [0.15, 0.2) is 0 Å². The first-order chi connectivity index (χ1) is 7.99. The third kappa shape index (κ3) is 2.12. The Morgan fingerprint density at radius 3 is 2.94 bits per heavy atom. The number of carbonyl (C=O) groups excluding carboxylic acids is 1. The Balaban J connectivity index is 2.33. The summed E-state index contributed by atoms with van der Waals surface area (Å²) >= 11 is 0. The van der Waals surface area contributed by atoms with E-state index in [1.807, 2.05) is 0 Å². The highest BCUT2D eigenvalue weighted by Gasteiger charge is 2.32. The number of fused-ring (bicyclic) bond motifs is 1. The molecule has 0 aromatic heterocycles. The van der Waals surface area contributed by atoms with Crippen LogP contribution in [0.4, 0.5) is 10.1 Å². The van der Waals surface area contributed by atoms with Crippen LogP contribution in [0.25, 0.3) is 0 Å². The molecule has 1 aromatic carbocycles. The second-order valence-corrected chi connectivity index (χ2v) is 3.91. The number of halogens is 1. The zero-order valence-electron chi connectivity index (χ0n) is 9.08. The topological polar surface area (TPSA) is 78.4 Å². The minimum Gasteiger partial charge on any atom is -0.480 e. The number of hydrogen-bond acceptors (Lipinski definition) is 3. The second-order valence-electron chi connectivity index (χ2n) is 3.91. The predicted molar refractivity (Wildman–Crippen MR) is 58.1 cm³/mol. The average molecular weight is 238 g/mol. The molecule has 1 aliphatic rings. The van der Waals surface area contributed by atoms with Crippen LogP contribution in [0.15, 0.2) is 12.1 Å².